The van der Waals surface area contributed by atoms with Crippen molar-refractivity contribution in [1.29, 1.82) is 0 Å². The van der Waals surface area contributed by atoms with Crippen molar-refractivity contribution in [2.75, 3.05) is 17.7 Å². The number of aryl methyl sites for hydroxylation is 1. The van der Waals surface area contributed by atoms with Gasteiger partial charge in [-0.15, -0.1) is 0 Å². The number of anilines is 4. The van der Waals surface area contributed by atoms with E-state index in [4.69, 9.17) is 16.3 Å². The van der Waals surface area contributed by atoms with Gasteiger partial charge in [0.05, 0.1) is 12.1 Å². The van der Waals surface area contributed by atoms with E-state index in [1.54, 1.807) is 25.4 Å². The van der Waals surface area contributed by atoms with Crippen molar-refractivity contribution in [1.82, 2.24) is 9.97 Å². The van der Waals surface area contributed by atoms with Crippen LogP contribution in [0, 0.1) is 0 Å². The van der Waals surface area contributed by atoms with E-state index in [0.29, 0.717) is 22.5 Å². The van der Waals surface area contributed by atoms with Crippen LogP contribution in [0.1, 0.15) is 12.5 Å². The van der Waals surface area contributed by atoms with Gasteiger partial charge in [-0.1, -0.05) is 30.7 Å². The molecule has 3 aromatic rings. The Balaban J connectivity index is 1.73. The quantitative estimate of drug-likeness (QED) is 0.638. The predicted octanol–water partition coefficient (Wildman–Crippen LogP) is 5.19. The Kier molecular flexibility index (Phi) is 5.36. The molecule has 1 aromatic heterocycles. The molecule has 128 valence electrons. The van der Waals surface area contributed by atoms with Crippen LogP contribution in [-0.4, -0.2) is 17.1 Å². The lowest BCUT2D eigenvalue weighted by molar-refractivity contribution is 0.415. The molecule has 0 saturated heterocycles. The van der Waals surface area contributed by atoms with Crippen LogP contribution in [0.3, 0.4) is 0 Å². The molecule has 3 rings (SSSR count). The van der Waals surface area contributed by atoms with Crippen molar-refractivity contribution in [3.63, 3.8) is 0 Å². The van der Waals surface area contributed by atoms with Gasteiger partial charge in [0, 0.05) is 17.6 Å². The Morgan fingerprint density at radius 1 is 1.00 bits per heavy atom. The van der Waals surface area contributed by atoms with Gasteiger partial charge in [-0.3, -0.25) is 0 Å². The fourth-order valence-electron chi connectivity index (χ4n) is 2.33. The Morgan fingerprint density at radius 2 is 1.76 bits per heavy atom. The van der Waals surface area contributed by atoms with E-state index in [0.717, 1.165) is 17.8 Å². The van der Waals surface area contributed by atoms with E-state index in [-0.39, 0.29) is 0 Å². The number of methoxy groups -OCH3 is 1. The van der Waals surface area contributed by atoms with Crippen LogP contribution in [0.15, 0.2) is 54.7 Å². The van der Waals surface area contributed by atoms with Gasteiger partial charge < -0.3 is 15.4 Å². The molecule has 0 unspecified atom stereocenters. The Morgan fingerprint density at radius 3 is 2.44 bits per heavy atom. The molecule has 2 aromatic carbocycles. The van der Waals surface area contributed by atoms with Crippen LogP contribution in [-0.2, 0) is 6.42 Å². The number of nitrogens with one attached hydrogen (secondary N) is 2. The molecule has 0 saturated carbocycles. The Hall–Kier alpha value is -2.79. The normalized spacial score (nSPS) is 10.4. The van der Waals surface area contributed by atoms with Crippen LogP contribution >= 0.6 is 11.6 Å². The molecule has 0 bridgehead atoms. The molecule has 25 heavy (non-hydrogen) atoms. The summed E-state index contributed by atoms with van der Waals surface area (Å²) in [5.74, 6) is 1.82. The third-order valence-corrected chi connectivity index (χ3v) is 3.99. The predicted molar refractivity (Wildman–Crippen MR) is 102 cm³/mol. The number of ether oxygens (including phenoxy) is 1. The zero-order chi connectivity index (χ0) is 17.6. The smallest absolute Gasteiger partial charge is 0.229 e. The molecule has 2 N–H and O–H groups in total. The minimum atomic E-state index is 0.483. The number of aromatic nitrogens is 2. The average Bonchev–Trinajstić information content (AvgIpc) is 2.63. The lowest BCUT2D eigenvalue weighted by atomic mass is 10.1. The van der Waals surface area contributed by atoms with Gasteiger partial charge in [-0.05, 0) is 48.4 Å². The Bertz CT molecular complexity index is 852. The van der Waals surface area contributed by atoms with Crippen molar-refractivity contribution in [2.24, 2.45) is 0 Å². The molecule has 0 amide bonds. The summed E-state index contributed by atoms with van der Waals surface area (Å²) < 4.78 is 5.15. The number of hydrogen-bond acceptors (Lipinski definition) is 5. The number of halogens is 1. The molecule has 0 spiro atoms. The summed E-state index contributed by atoms with van der Waals surface area (Å²) in [7, 11) is 1.58. The number of rotatable bonds is 6. The SMILES string of the molecule is CCc1ccc(Nc2ccnc(Nc3ccc(OC)c(Cl)c3)n2)cc1. The second-order valence-corrected chi connectivity index (χ2v) is 5.82. The van der Waals surface area contributed by atoms with E-state index >= 15 is 0 Å². The molecule has 5 nitrogen and oxygen atoms in total. The van der Waals surface area contributed by atoms with Crippen molar-refractivity contribution < 1.29 is 4.74 Å². The molecule has 0 aliphatic rings. The van der Waals surface area contributed by atoms with Crippen LogP contribution in [0.2, 0.25) is 5.02 Å². The van der Waals surface area contributed by atoms with Gasteiger partial charge in [0.2, 0.25) is 5.95 Å². The Labute approximate surface area is 152 Å². The summed E-state index contributed by atoms with van der Waals surface area (Å²) in [5, 5.41) is 6.94. The minimum Gasteiger partial charge on any atom is -0.495 e. The highest BCUT2D eigenvalue weighted by molar-refractivity contribution is 6.32. The van der Waals surface area contributed by atoms with Crippen LogP contribution in [0.5, 0.6) is 5.75 Å². The first kappa shape index (κ1) is 17.0. The zero-order valence-electron chi connectivity index (χ0n) is 14.1. The maximum absolute atomic E-state index is 6.14. The third kappa shape index (κ3) is 4.39. The van der Waals surface area contributed by atoms with Gasteiger partial charge >= 0.3 is 0 Å². The largest absolute Gasteiger partial charge is 0.495 e. The maximum Gasteiger partial charge on any atom is 0.229 e. The van der Waals surface area contributed by atoms with E-state index in [1.807, 2.05) is 24.3 Å². The first-order valence-corrected chi connectivity index (χ1v) is 8.35. The summed E-state index contributed by atoms with van der Waals surface area (Å²) in [4.78, 5) is 8.71. The van der Waals surface area contributed by atoms with E-state index in [1.165, 1.54) is 5.56 Å². The third-order valence-electron chi connectivity index (χ3n) is 3.70. The number of nitrogens with zero attached hydrogens (tertiary/aromatic N) is 2. The second-order valence-electron chi connectivity index (χ2n) is 5.42. The van der Waals surface area contributed by atoms with Gasteiger partial charge in [-0.2, -0.15) is 4.98 Å². The first-order valence-electron chi connectivity index (χ1n) is 7.97. The second kappa shape index (κ2) is 7.85. The van der Waals surface area contributed by atoms with Crippen LogP contribution in [0.4, 0.5) is 23.1 Å². The number of hydrogen-bond donors (Lipinski definition) is 2. The fourth-order valence-corrected chi connectivity index (χ4v) is 2.59. The van der Waals surface area contributed by atoms with E-state index in [9.17, 15) is 0 Å². The maximum atomic E-state index is 6.14. The van der Waals surface area contributed by atoms with E-state index < -0.39 is 0 Å². The molecule has 0 fully saturated rings. The summed E-state index contributed by atoms with van der Waals surface area (Å²) in [6.07, 6.45) is 2.72. The fraction of sp³-hybridized carbons (Fsp3) is 0.158. The highest BCUT2D eigenvalue weighted by Crippen LogP contribution is 2.28. The molecular weight excluding hydrogens is 336 g/mol. The number of benzene rings is 2. The molecule has 1 heterocycles. The van der Waals surface area contributed by atoms with Gasteiger partial charge in [0.15, 0.2) is 0 Å². The van der Waals surface area contributed by atoms with Crippen molar-refractivity contribution in [3.05, 3.63) is 65.3 Å². The molecule has 0 aliphatic carbocycles. The van der Waals surface area contributed by atoms with Crippen molar-refractivity contribution in [2.45, 2.75) is 13.3 Å². The monoisotopic (exact) mass is 354 g/mol. The van der Waals surface area contributed by atoms with Gasteiger partial charge in [0.1, 0.15) is 11.6 Å². The van der Waals surface area contributed by atoms with Crippen LogP contribution in [0.25, 0.3) is 0 Å². The average molecular weight is 355 g/mol. The van der Waals surface area contributed by atoms with Gasteiger partial charge in [-0.25, -0.2) is 4.98 Å². The molecule has 6 heteroatoms. The minimum absolute atomic E-state index is 0.483. The highest BCUT2D eigenvalue weighted by Gasteiger charge is 2.05. The summed E-state index contributed by atoms with van der Waals surface area (Å²) in [6, 6.07) is 15.5. The van der Waals surface area contributed by atoms with Crippen LogP contribution < -0.4 is 15.4 Å². The first-order chi connectivity index (χ1) is 12.2. The molecule has 0 atom stereocenters. The van der Waals surface area contributed by atoms with Crippen molar-refractivity contribution >= 4 is 34.7 Å². The van der Waals surface area contributed by atoms with Crippen molar-refractivity contribution in [3.8, 4) is 5.75 Å². The zero-order valence-corrected chi connectivity index (χ0v) is 14.8. The molecular formula is C19H19ClN4O. The summed E-state index contributed by atoms with van der Waals surface area (Å²) >= 11 is 6.14. The summed E-state index contributed by atoms with van der Waals surface area (Å²) in [6.45, 7) is 2.14. The molecule has 0 aliphatic heterocycles. The van der Waals surface area contributed by atoms with Gasteiger partial charge in [0.25, 0.3) is 0 Å². The topological polar surface area (TPSA) is 59.1 Å². The molecule has 0 radical (unpaired) electrons. The summed E-state index contributed by atoms with van der Waals surface area (Å²) in [5.41, 5.74) is 3.07. The lowest BCUT2D eigenvalue weighted by Crippen LogP contribution is -2.00. The van der Waals surface area contributed by atoms with E-state index in [2.05, 4.69) is 39.7 Å². The highest BCUT2D eigenvalue weighted by atomic mass is 35.5. The standard InChI is InChI=1S/C19H19ClN4O/c1-3-13-4-6-14(7-5-13)22-18-10-11-21-19(24-18)23-15-8-9-17(25-2)16(20)12-15/h4-12H,3H2,1-2H3,(H2,21,22,23,24). The lowest BCUT2D eigenvalue weighted by Gasteiger charge is -2.10.